The minimum absolute atomic E-state index is 0.0435. The quantitative estimate of drug-likeness (QED) is 0.466. The summed E-state index contributed by atoms with van der Waals surface area (Å²) in [6.07, 6.45) is 4.70. The van der Waals surface area contributed by atoms with Gasteiger partial charge in [0.2, 0.25) is 5.91 Å². The van der Waals surface area contributed by atoms with Crippen LogP contribution in [0.5, 0.6) is 0 Å². The van der Waals surface area contributed by atoms with Crippen molar-refractivity contribution in [2.45, 2.75) is 57.2 Å². The maximum Gasteiger partial charge on any atom is 0.251 e. The molecule has 190 valence electrons. The zero-order valence-electron chi connectivity index (χ0n) is 21.4. The van der Waals surface area contributed by atoms with Gasteiger partial charge >= 0.3 is 0 Å². The van der Waals surface area contributed by atoms with E-state index in [2.05, 4.69) is 71.0 Å². The van der Waals surface area contributed by atoms with Crippen LogP contribution in [0, 0.1) is 18.8 Å². The van der Waals surface area contributed by atoms with Crippen LogP contribution in [0.1, 0.15) is 71.2 Å². The Labute approximate surface area is 219 Å². The van der Waals surface area contributed by atoms with E-state index in [9.17, 15) is 9.59 Å². The highest BCUT2D eigenvalue weighted by atomic mass is 16.2. The average molecular weight is 494 g/mol. The summed E-state index contributed by atoms with van der Waals surface area (Å²) in [4.78, 5) is 29.4. The number of carbonyl (C=O) groups is 2. The standard InChI is InChI=1S/C32H35N3O2/c1-21-16-17-24-28(20-21)33-29(22-10-4-2-5-11-22)26-18-19-35(30(24)26)32(37)25-14-8-9-15-27(25)34-31(36)23-12-6-3-7-13-23/h2-7,10-13,16-17,20,25-27,29-30,33H,8-9,14-15,18-19H2,1H3,(H,34,36)/t25-,26+,27+,29-,30-/m0/s1. The van der Waals surface area contributed by atoms with Gasteiger partial charge < -0.3 is 15.5 Å². The van der Waals surface area contributed by atoms with Gasteiger partial charge in [-0.1, -0.05) is 73.5 Å². The summed E-state index contributed by atoms with van der Waals surface area (Å²) in [7, 11) is 0. The van der Waals surface area contributed by atoms with E-state index in [0.717, 1.165) is 44.3 Å². The summed E-state index contributed by atoms with van der Waals surface area (Å²) in [5.74, 6) is 0.240. The molecule has 3 aromatic carbocycles. The fraction of sp³-hybridized carbons (Fsp3) is 0.375. The molecule has 0 unspecified atom stereocenters. The molecule has 6 rings (SSSR count). The number of nitrogens with one attached hydrogen (secondary N) is 2. The molecular formula is C32H35N3O2. The molecule has 2 amide bonds. The Bertz CT molecular complexity index is 1280. The zero-order valence-corrected chi connectivity index (χ0v) is 21.4. The Balaban J connectivity index is 1.29. The van der Waals surface area contributed by atoms with E-state index in [4.69, 9.17) is 0 Å². The molecule has 2 aliphatic heterocycles. The van der Waals surface area contributed by atoms with Gasteiger partial charge in [-0.3, -0.25) is 9.59 Å². The number of rotatable bonds is 4. The molecule has 1 aliphatic carbocycles. The lowest BCUT2D eigenvalue weighted by Gasteiger charge is -2.42. The number of likely N-dealkylation sites (tertiary alicyclic amines) is 1. The number of nitrogens with zero attached hydrogens (tertiary/aromatic N) is 1. The maximum atomic E-state index is 14.3. The Morgan fingerprint density at radius 2 is 1.62 bits per heavy atom. The van der Waals surface area contributed by atoms with E-state index in [1.807, 2.05) is 30.3 Å². The fourth-order valence-corrected chi connectivity index (χ4v) is 6.78. The molecule has 0 radical (unpaired) electrons. The molecule has 0 spiro atoms. The summed E-state index contributed by atoms with van der Waals surface area (Å²) >= 11 is 0. The first kappa shape index (κ1) is 23.8. The molecule has 2 N–H and O–H groups in total. The SMILES string of the molecule is Cc1ccc2c(c1)N[C@@H](c1ccccc1)[C@H]1CCN(C(=O)[C@H]3CCCC[C@H]3NC(=O)c3ccccc3)[C@@H]21. The number of hydrogen-bond acceptors (Lipinski definition) is 3. The minimum atomic E-state index is -0.181. The van der Waals surface area contributed by atoms with Crippen molar-refractivity contribution in [3.05, 3.63) is 101 Å². The predicted octanol–water partition coefficient (Wildman–Crippen LogP) is 6.04. The van der Waals surface area contributed by atoms with Gasteiger partial charge in [-0.15, -0.1) is 0 Å². The second-order valence-electron chi connectivity index (χ2n) is 10.9. The molecule has 1 saturated heterocycles. The van der Waals surface area contributed by atoms with Crippen molar-refractivity contribution >= 4 is 17.5 Å². The van der Waals surface area contributed by atoms with Gasteiger partial charge in [0, 0.05) is 29.8 Å². The Morgan fingerprint density at radius 3 is 2.41 bits per heavy atom. The summed E-state index contributed by atoms with van der Waals surface area (Å²) in [5.41, 5.74) is 5.48. The Morgan fingerprint density at radius 1 is 0.892 bits per heavy atom. The molecule has 0 bridgehead atoms. The van der Waals surface area contributed by atoms with Gasteiger partial charge in [0.05, 0.1) is 18.0 Å². The van der Waals surface area contributed by atoms with E-state index in [1.165, 1.54) is 16.7 Å². The highest BCUT2D eigenvalue weighted by Gasteiger charge is 2.48. The minimum Gasteiger partial charge on any atom is -0.378 e. The molecule has 5 nitrogen and oxygen atoms in total. The van der Waals surface area contributed by atoms with Gasteiger partial charge in [0.1, 0.15) is 0 Å². The average Bonchev–Trinajstić information content (AvgIpc) is 3.39. The third-order valence-corrected chi connectivity index (χ3v) is 8.59. The molecule has 5 heteroatoms. The number of anilines is 1. The van der Waals surface area contributed by atoms with Crippen LogP contribution >= 0.6 is 0 Å². The number of benzene rings is 3. The van der Waals surface area contributed by atoms with Gasteiger partial charge in [-0.05, 0) is 61.1 Å². The molecular weight excluding hydrogens is 458 g/mol. The van der Waals surface area contributed by atoms with E-state index in [-0.39, 0.29) is 35.9 Å². The zero-order chi connectivity index (χ0) is 25.4. The second kappa shape index (κ2) is 10.0. The van der Waals surface area contributed by atoms with Crippen molar-refractivity contribution in [1.82, 2.24) is 10.2 Å². The van der Waals surface area contributed by atoms with Crippen molar-refractivity contribution in [3.8, 4) is 0 Å². The van der Waals surface area contributed by atoms with Crippen LogP contribution in [0.3, 0.4) is 0 Å². The van der Waals surface area contributed by atoms with Crippen molar-refractivity contribution in [3.63, 3.8) is 0 Å². The van der Waals surface area contributed by atoms with Gasteiger partial charge in [0.15, 0.2) is 0 Å². The predicted molar refractivity (Wildman–Crippen MR) is 146 cm³/mol. The number of aryl methyl sites for hydroxylation is 1. The fourth-order valence-electron chi connectivity index (χ4n) is 6.78. The number of fused-ring (bicyclic) bond motifs is 3. The van der Waals surface area contributed by atoms with Gasteiger partial charge in [0.25, 0.3) is 5.91 Å². The highest BCUT2D eigenvalue weighted by molar-refractivity contribution is 5.95. The molecule has 2 fully saturated rings. The van der Waals surface area contributed by atoms with Gasteiger partial charge in [-0.25, -0.2) is 0 Å². The Hall–Kier alpha value is -3.60. The van der Waals surface area contributed by atoms with Crippen LogP contribution in [-0.4, -0.2) is 29.3 Å². The molecule has 2 heterocycles. The summed E-state index contributed by atoms with van der Waals surface area (Å²) < 4.78 is 0. The van der Waals surface area contributed by atoms with Crippen LogP contribution < -0.4 is 10.6 Å². The first-order valence-corrected chi connectivity index (χ1v) is 13.7. The smallest absolute Gasteiger partial charge is 0.251 e. The first-order valence-electron chi connectivity index (χ1n) is 13.7. The van der Waals surface area contributed by atoms with Crippen molar-refractivity contribution in [2.75, 3.05) is 11.9 Å². The third-order valence-electron chi connectivity index (χ3n) is 8.59. The number of amides is 2. The number of hydrogen-bond donors (Lipinski definition) is 2. The second-order valence-corrected chi connectivity index (χ2v) is 10.9. The summed E-state index contributed by atoms with van der Waals surface area (Å²) in [6.45, 7) is 2.87. The van der Waals surface area contributed by atoms with Crippen LogP contribution in [0.15, 0.2) is 78.9 Å². The largest absolute Gasteiger partial charge is 0.378 e. The number of carbonyl (C=O) groups excluding carboxylic acids is 2. The van der Waals surface area contributed by atoms with Crippen LogP contribution in [0.2, 0.25) is 0 Å². The monoisotopic (exact) mass is 493 g/mol. The molecule has 5 atom stereocenters. The first-order chi connectivity index (χ1) is 18.1. The lowest BCUT2D eigenvalue weighted by Crippen LogP contribution is -2.50. The maximum absolute atomic E-state index is 14.3. The summed E-state index contributed by atoms with van der Waals surface area (Å²) in [6, 6.07) is 26.6. The topological polar surface area (TPSA) is 61.4 Å². The van der Waals surface area contributed by atoms with E-state index >= 15 is 0 Å². The van der Waals surface area contributed by atoms with Crippen LogP contribution in [0.4, 0.5) is 5.69 Å². The van der Waals surface area contributed by atoms with Crippen molar-refractivity contribution in [2.24, 2.45) is 11.8 Å². The highest BCUT2D eigenvalue weighted by Crippen LogP contribution is 2.52. The normalized spacial score (nSPS) is 26.5. The lowest BCUT2D eigenvalue weighted by atomic mass is 9.79. The summed E-state index contributed by atoms with van der Waals surface area (Å²) in [5, 5.41) is 7.05. The van der Waals surface area contributed by atoms with Gasteiger partial charge in [-0.2, -0.15) is 0 Å². The van der Waals surface area contributed by atoms with Crippen molar-refractivity contribution in [1.29, 1.82) is 0 Å². The van der Waals surface area contributed by atoms with Crippen LogP contribution in [0.25, 0.3) is 0 Å². The lowest BCUT2D eigenvalue weighted by molar-refractivity contribution is -0.138. The molecule has 37 heavy (non-hydrogen) atoms. The molecule has 0 aromatic heterocycles. The Kier molecular flexibility index (Phi) is 6.45. The third kappa shape index (κ3) is 4.52. The molecule has 3 aliphatic rings. The van der Waals surface area contributed by atoms with Crippen LogP contribution in [-0.2, 0) is 4.79 Å². The van der Waals surface area contributed by atoms with E-state index in [0.29, 0.717) is 11.5 Å². The van der Waals surface area contributed by atoms with E-state index < -0.39 is 0 Å². The van der Waals surface area contributed by atoms with Crippen molar-refractivity contribution < 1.29 is 9.59 Å². The molecule has 3 aromatic rings. The molecule has 1 saturated carbocycles. The van der Waals surface area contributed by atoms with E-state index in [1.54, 1.807) is 0 Å².